The minimum Gasteiger partial charge on any atom is -0.461 e. The van der Waals surface area contributed by atoms with Crippen LogP contribution in [-0.2, 0) is 18.3 Å². The summed E-state index contributed by atoms with van der Waals surface area (Å²) in [4.78, 5) is 16.0. The first-order chi connectivity index (χ1) is 9.22. The molecule has 0 aliphatic carbocycles. The van der Waals surface area contributed by atoms with Crippen LogP contribution in [0.15, 0.2) is 36.7 Å². The first-order valence-corrected chi connectivity index (χ1v) is 6.18. The molecule has 1 N–H and O–H groups in total. The van der Waals surface area contributed by atoms with Gasteiger partial charge >= 0.3 is 5.97 Å². The standard InChI is InChI=1S/C14H17N3O2/c1-3-19-14(18)12-13(16-10-17(12)2)15-9-11-7-5-4-6-8-11/h4-8,10,15H,3,9H2,1-2H3/i15+0. The van der Waals surface area contributed by atoms with Gasteiger partial charge in [0, 0.05) is 13.6 Å². The Hall–Kier alpha value is -2.30. The second-order valence-corrected chi connectivity index (χ2v) is 4.11. The third-order valence-electron chi connectivity index (χ3n) is 2.71. The molecule has 2 rings (SSSR count). The zero-order valence-electron chi connectivity index (χ0n) is 11.1. The number of imidazole rings is 1. The molecule has 2 aromatic rings. The number of aromatic nitrogens is 2. The van der Waals surface area contributed by atoms with E-state index in [1.165, 1.54) is 0 Å². The van der Waals surface area contributed by atoms with E-state index in [1.807, 2.05) is 30.3 Å². The van der Waals surface area contributed by atoms with Crippen LogP contribution >= 0.6 is 0 Å². The van der Waals surface area contributed by atoms with Crippen LogP contribution in [-0.4, -0.2) is 22.1 Å². The zero-order chi connectivity index (χ0) is 13.7. The van der Waals surface area contributed by atoms with Gasteiger partial charge in [-0.15, -0.1) is 0 Å². The number of aryl methyl sites for hydroxylation is 1. The molecule has 5 heteroatoms. The van der Waals surface area contributed by atoms with E-state index < -0.39 is 0 Å². The summed E-state index contributed by atoms with van der Waals surface area (Å²) in [6, 6.07) is 9.94. The van der Waals surface area contributed by atoms with Crippen molar-refractivity contribution in [2.75, 3.05) is 11.9 Å². The van der Waals surface area contributed by atoms with Crippen LogP contribution < -0.4 is 5.32 Å². The minimum absolute atomic E-state index is 0.349. The summed E-state index contributed by atoms with van der Waals surface area (Å²) >= 11 is 0. The van der Waals surface area contributed by atoms with Crippen LogP contribution in [0.1, 0.15) is 23.0 Å². The first-order valence-electron chi connectivity index (χ1n) is 6.18. The lowest BCUT2D eigenvalue weighted by molar-refractivity contribution is 0.0516. The van der Waals surface area contributed by atoms with Crippen molar-refractivity contribution in [1.82, 2.24) is 9.55 Å². The molecule has 0 amide bonds. The molecule has 100 valence electrons. The Morgan fingerprint density at radius 1 is 1.37 bits per heavy atom. The molecule has 0 aliphatic heterocycles. The smallest absolute Gasteiger partial charge is 0.358 e. The fourth-order valence-electron chi connectivity index (χ4n) is 1.78. The zero-order valence-corrected chi connectivity index (χ0v) is 11.1. The lowest BCUT2D eigenvalue weighted by Gasteiger charge is -2.07. The Kier molecular flexibility index (Phi) is 4.18. The lowest BCUT2D eigenvalue weighted by Crippen LogP contribution is -2.13. The topological polar surface area (TPSA) is 56.1 Å². The van der Waals surface area contributed by atoms with Crippen LogP contribution in [0.3, 0.4) is 0 Å². The first kappa shape index (κ1) is 13.1. The number of rotatable bonds is 5. The van der Waals surface area contributed by atoms with Gasteiger partial charge in [0.1, 0.15) is 0 Å². The van der Waals surface area contributed by atoms with Crippen molar-refractivity contribution >= 4 is 11.8 Å². The van der Waals surface area contributed by atoms with Gasteiger partial charge in [-0.2, -0.15) is 0 Å². The average Bonchev–Trinajstić information content (AvgIpc) is 2.79. The van der Waals surface area contributed by atoms with Gasteiger partial charge in [-0.05, 0) is 12.5 Å². The van der Waals surface area contributed by atoms with E-state index in [0.29, 0.717) is 24.7 Å². The summed E-state index contributed by atoms with van der Waals surface area (Å²) in [6.07, 6.45) is 1.60. The maximum absolute atomic E-state index is 11.8. The normalized spacial score (nSPS) is 10.2. The molecule has 0 radical (unpaired) electrons. The molecular formula is C14H17N3O2. The summed E-state index contributed by atoms with van der Waals surface area (Å²) in [5.41, 5.74) is 1.57. The van der Waals surface area contributed by atoms with Crippen molar-refractivity contribution < 1.29 is 9.53 Å². The molecular weight excluding hydrogens is 242 g/mol. The largest absolute Gasteiger partial charge is 0.461 e. The van der Waals surface area contributed by atoms with Crippen molar-refractivity contribution in [3.8, 4) is 0 Å². The highest BCUT2D eigenvalue weighted by molar-refractivity contribution is 5.92. The van der Waals surface area contributed by atoms with Gasteiger partial charge in [0.25, 0.3) is 0 Å². The third-order valence-corrected chi connectivity index (χ3v) is 2.71. The van der Waals surface area contributed by atoms with E-state index in [2.05, 4.69) is 10.3 Å². The number of nitrogens with zero attached hydrogens (tertiary/aromatic N) is 2. The molecule has 1 aromatic heterocycles. The summed E-state index contributed by atoms with van der Waals surface area (Å²) in [5.74, 6) is 0.183. The van der Waals surface area contributed by atoms with Crippen LogP contribution in [0.4, 0.5) is 5.82 Å². The molecule has 5 nitrogen and oxygen atoms in total. The molecule has 0 aliphatic rings. The van der Waals surface area contributed by atoms with E-state index in [4.69, 9.17) is 4.74 Å². The van der Waals surface area contributed by atoms with Crippen LogP contribution in [0.25, 0.3) is 0 Å². The van der Waals surface area contributed by atoms with Crippen molar-refractivity contribution in [1.29, 1.82) is 0 Å². The molecule has 0 saturated carbocycles. The maximum Gasteiger partial charge on any atom is 0.358 e. The van der Waals surface area contributed by atoms with Crippen LogP contribution in [0.5, 0.6) is 0 Å². The van der Waals surface area contributed by atoms with E-state index in [1.54, 1.807) is 24.9 Å². The highest BCUT2D eigenvalue weighted by Gasteiger charge is 2.17. The summed E-state index contributed by atoms with van der Waals surface area (Å²) < 4.78 is 6.68. The van der Waals surface area contributed by atoms with E-state index in [9.17, 15) is 4.79 Å². The van der Waals surface area contributed by atoms with Crippen molar-refractivity contribution in [2.24, 2.45) is 7.05 Å². The Balaban J connectivity index is 2.11. The lowest BCUT2D eigenvalue weighted by atomic mass is 10.2. The molecule has 19 heavy (non-hydrogen) atoms. The van der Waals surface area contributed by atoms with E-state index >= 15 is 0 Å². The van der Waals surface area contributed by atoms with E-state index in [-0.39, 0.29) is 5.97 Å². The number of nitrogens with one attached hydrogen (secondary N) is 1. The predicted molar refractivity (Wildman–Crippen MR) is 72.9 cm³/mol. The molecule has 0 fully saturated rings. The minimum atomic E-state index is -0.363. The number of ether oxygens (including phenoxy) is 1. The summed E-state index contributed by atoms with van der Waals surface area (Å²) in [7, 11) is 1.77. The van der Waals surface area contributed by atoms with Crippen molar-refractivity contribution in [2.45, 2.75) is 13.5 Å². The fourth-order valence-corrected chi connectivity index (χ4v) is 1.78. The molecule has 0 unspecified atom stereocenters. The Morgan fingerprint density at radius 3 is 2.79 bits per heavy atom. The second kappa shape index (κ2) is 6.04. The molecule has 0 atom stereocenters. The number of hydrogen-bond donors (Lipinski definition) is 1. The molecule has 0 bridgehead atoms. The average molecular weight is 259 g/mol. The number of benzene rings is 1. The molecule has 1 aromatic carbocycles. The van der Waals surface area contributed by atoms with Crippen LogP contribution in [0, 0.1) is 0 Å². The van der Waals surface area contributed by atoms with Gasteiger partial charge in [-0.25, -0.2) is 9.78 Å². The summed E-state index contributed by atoms with van der Waals surface area (Å²) in [5, 5.41) is 3.16. The highest BCUT2D eigenvalue weighted by Crippen LogP contribution is 2.15. The van der Waals surface area contributed by atoms with Gasteiger partial charge in [-0.1, -0.05) is 30.3 Å². The monoisotopic (exact) mass is 259 g/mol. The van der Waals surface area contributed by atoms with Crippen LogP contribution in [0.2, 0.25) is 0 Å². The number of hydrogen-bond acceptors (Lipinski definition) is 4. The number of anilines is 1. The SMILES string of the molecule is CCOC(=O)c1c([14NH]Cc2ccccc2)ncn1C. The van der Waals surface area contributed by atoms with Gasteiger partial charge < -0.3 is 14.6 Å². The van der Waals surface area contributed by atoms with Crippen molar-refractivity contribution in [3.05, 3.63) is 47.9 Å². The Labute approximate surface area is 112 Å². The quantitative estimate of drug-likeness (QED) is 0.836. The van der Waals surface area contributed by atoms with Gasteiger partial charge in [0.15, 0.2) is 11.5 Å². The second-order valence-electron chi connectivity index (χ2n) is 4.11. The summed E-state index contributed by atoms with van der Waals surface area (Å²) in [6.45, 7) is 2.75. The molecule has 0 saturated heterocycles. The predicted octanol–water partition coefficient (Wildman–Crippen LogP) is 2.21. The van der Waals surface area contributed by atoms with Gasteiger partial charge in [0.2, 0.25) is 0 Å². The van der Waals surface area contributed by atoms with E-state index in [0.717, 1.165) is 5.56 Å². The maximum atomic E-state index is 11.8. The Bertz CT molecular complexity index is 549. The highest BCUT2D eigenvalue weighted by atomic mass is 16.5. The van der Waals surface area contributed by atoms with Gasteiger partial charge in [-0.3, -0.25) is 0 Å². The van der Waals surface area contributed by atoms with Gasteiger partial charge in [0.05, 0.1) is 12.9 Å². The fraction of sp³-hybridized carbons (Fsp3) is 0.286. The number of esters is 1. The third kappa shape index (κ3) is 3.13. The van der Waals surface area contributed by atoms with Crippen molar-refractivity contribution in [3.63, 3.8) is 0 Å². The Morgan fingerprint density at radius 2 is 2.11 bits per heavy atom. The number of carbonyl (C=O) groups is 1. The molecule has 1 heterocycles. The number of carbonyl (C=O) groups excluding carboxylic acids is 1. The molecule has 0 spiro atoms.